The van der Waals surface area contributed by atoms with Gasteiger partial charge in [0, 0.05) is 17.1 Å². The van der Waals surface area contributed by atoms with Gasteiger partial charge < -0.3 is 9.72 Å². The van der Waals surface area contributed by atoms with Crippen molar-refractivity contribution in [3.8, 4) is 5.75 Å². The van der Waals surface area contributed by atoms with Crippen molar-refractivity contribution in [3.05, 3.63) is 65.4 Å². The number of halogens is 3. The largest absolute Gasteiger partial charge is 0.490 e. The molecule has 2 nitrogen and oxygen atoms in total. The summed E-state index contributed by atoms with van der Waals surface area (Å²) in [4.78, 5) is 3.20. The number of hydrogen-bond acceptors (Lipinski definition) is 1. The van der Waals surface area contributed by atoms with Crippen LogP contribution in [0.4, 0.5) is 13.2 Å². The molecule has 1 saturated carbocycles. The third-order valence-electron chi connectivity index (χ3n) is 4.97. The molecule has 3 aromatic rings. The summed E-state index contributed by atoms with van der Waals surface area (Å²) < 4.78 is 43.9. The van der Waals surface area contributed by atoms with Crippen molar-refractivity contribution in [2.45, 2.75) is 38.0 Å². The Morgan fingerprint density at radius 3 is 2.44 bits per heavy atom. The molecule has 4 rings (SSSR count). The average Bonchev–Trinajstić information content (AvgIpc) is 2.91. The minimum absolute atomic E-state index is 0.115. The van der Waals surface area contributed by atoms with Crippen LogP contribution in [0.25, 0.3) is 10.9 Å². The lowest BCUT2D eigenvalue weighted by atomic mass is 9.77. The van der Waals surface area contributed by atoms with E-state index in [0.29, 0.717) is 0 Å². The SMILES string of the molecule is Cc1c[nH]c2ccc(OC3CC(c4ccc(C(F)(F)F)cc4)C3)cc12. The van der Waals surface area contributed by atoms with Gasteiger partial charge in [0.25, 0.3) is 0 Å². The first-order valence-electron chi connectivity index (χ1n) is 8.32. The second-order valence-electron chi connectivity index (χ2n) is 6.71. The highest BCUT2D eigenvalue weighted by Gasteiger charge is 2.34. The first kappa shape index (κ1) is 16.1. The quantitative estimate of drug-likeness (QED) is 0.636. The lowest BCUT2D eigenvalue weighted by molar-refractivity contribution is -0.137. The van der Waals surface area contributed by atoms with Crippen LogP contribution in [0.2, 0.25) is 0 Å². The standard InChI is InChI=1S/C20H18F3NO/c1-12-11-24-19-7-6-16(10-18(12)19)25-17-8-14(9-17)13-2-4-15(5-3-13)20(21,22)23/h2-7,10-11,14,17,24H,8-9H2,1H3. The minimum atomic E-state index is -4.28. The van der Waals surface area contributed by atoms with E-state index in [-0.39, 0.29) is 12.0 Å². The maximum absolute atomic E-state index is 12.6. The highest BCUT2D eigenvalue weighted by atomic mass is 19.4. The monoisotopic (exact) mass is 345 g/mol. The summed E-state index contributed by atoms with van der Waals surface area (Å²) in [6.07, 6.45) is -0.536. The van der Waals surface area contributed by atoms with E-state index < -0.39 is 11.7 Å². The van der Waals surface area contributed by atoms with Gasteiger partial charge in [0.1, 0.15) is 5.75 Å². The van der Waals surface area contributed by atoms with Gasteiger partial charge in [0.05, 0.1) is 11.7 Å². The van der Waals surface area contributed by atoms with Gasteiger partial charge >= 0.3 is 6.18 Å². The average molecular weight is 345 g/mol. The van der Waals surface area contributed by atoms with Crippen LogP contribution < -0.4 is 4.74 Å². The first-order valence-corrected chi connectivity index (χ1v) is 8.32. The first-order chi connectivity index (χ1) is 11.9. The Morgan fingerprint density at radius 1 is 1.04 bits per heavy atom. The molecule has 0 bridgehead atoms. The van der Waals surface area contributed by atoms with E-state index in [1.165, 1.54) is 5.56 Å². The zero-order valence-electron chi connectivity index (χ0n) is 13.7. The van der Waals surface area contributed by atoms with Crippen molar-refractivity contribution in [1.82, 2.24) is 4.98 Å². The second-order valence-corrected chi connectivity index (χ2v) is 6.71. The lowest BCUT2D eigenvalue weighted by Gasteiger charge is -2.35. The van der Waals surface area contributed by atoms with Gasteiger partial charge in [-0.25, -0.2) is 0 Å². The van der Waals surface area contributed by atoms with Crippen molar-refractivity contribution in [2.75, 3.05) is 0 Å². The number of nitrogens with one attached hydrogen (secondary N) is 1. The van der Waals surface area contributed by atoms with Crippen LogP contribution in [0.1, 0.15) is 35.4 Å². The number of H-pyrrole nitrogens is 1. The highest BCUT2D eigenvalue weighted by Crippen LogP contribution is 2.40. The third kappa shape index (κ3) is 3.11. The van der Waals surface area contributed by atoms with Gasteiger partial charge in [-0.2, -0.15) is 13.2 Å². The smallest absolute Gasteiger partial charge is 0.416 e. The van der Waals surface area contributed by atoms with E-state index >= 15 is 0 Å². The van der Waals surface area contributed by atoms with Crippen molar-refractivity contribution < 1.29 is 17.9 Å². The molecule has 2 aromatic carbocycles. The normalized spacial score (nSPS) is 20.5. The van der Waals surface area contributed by atoms with Crippen LogP contribution in [-0.4, -0.2) is 11.1 Å². The number of aryl methyl sites for hydroxylation is 1. The number of aromatic amines is 1. The fourth-order valence-electron chi connectivity index (χ4n) is 3.38. The molecule has 1 aliphatic rings. The van der Waals surface area contributed by atoms with Crippen LogP contribution in [0, 0.1) is 6.92 Å². The Balaban J connectivity index is 1.39. The fourth-order valence-corrected chi connectivity index (χ4v) is 3.38. The van der Waals surface area contributed by atoms with E-state index in [4.69, 9.17) is 4.74 Å². The third-order valence-corrected chi connectivity index (χ3v) is 4.97. The van der Waals surface area contributed by atoms with Crippen LogP contribution in [0.3, 0.4) is 0 Å². The topological polar surface area (TPSA) is 25.0 Å². The van der Waals surface area contributed by atoms with Crippen molar-refractivity contribution in [1.29, 1.82) is 0 Å². The predicted molar refractivity (Wildman–Crippen MR) is 90.9 cm³/mol. The van der Waals surface area contributed by atoms with E-state index in [9.17, 15) is 13.2 Å². The van der Waals surface area contributed by atoms with Gasteiger partial charge in [-0.05, 0) is 67.1 Å². The molecule has 0 radical (unpaired) electrons. The molecular weight excluding hydrogens is 327 g/mol. The molecule has 25 heavy (non-hydrogen) atoms. The number of ether oxygens (including phenoxy) is 1. The molecule has 0 amide bonds. The number of hydrogen-bond donors (Lipinski definition) is 1. The van der Waals surface area contributed by atoms with E-state index in [0.717, 1.165) is 47.2 Å². The summed E-state index contributed by atoms with van der Waals surface area (Å²) in [7, 11) is 0. The summed E-state index contributed by atoms with van der Waals surface area (Å²) in [5.74, 6) is 1.11. The Morgan fingerprint density at radius 2 is 1.76 bits per heavy atom. The Kier molecular flexibility index (Phi) is 3.74. The van der Waals surface area contributed by atoms with Gasteiger partial charge in [-0.3, -0.25) is 0 Å². The fraction of sp³-hybridized carbons (Fsp3) is 0.300. The van der Waals surface area contributed by atoms with Crippen molar-refractivity contribution >= 4 is 10.9 Å². The maximum Gasteiger partial charge on any atom is 0.416 e. The summed E-state index contributed by atoms with van der Waals surface area (Å²) in [5, 5.41) is 1.15. The molecule has 0 aliphatic heterocycles. The number of benzene rings is 2. The Labute approximate surface area is 143 Å². The van der Waals surface area contributed by atoms with Crippen LogP contribution >= 0.6 is 0 Å². The number of rotatable bonds is 3. The minimum Gasteiger partial charge on any atom is -0.490 e. The molecule has 0 saturated heterocycles. The molecule has 0 atom stereocenters. The van der Waals surface area contributed by atoms with Crippen LogP contribution in [0.15, 0.2) is 48.7 Å². The molecule has 130 valence electrons. The molecule has 5 heteroatoms. The summed E-state index contributed by atoms with van der Waals surface area (Å²) >= 11 is 0. The van der Waals surface area contributed by atoms with Gasteiger partial charge in [0.2, 0.25) is 0 Å². The predicted octanol–water partition coefficient (Wildman–Crippen LogP) is 5.82. The molecule has 1 N–H and O–H groups in total. The lowest BCUT2D eigenvalue weighted by Crippen LogP contribution is -2.32. The van der Waals surface area contributed by atoms with E-state index in [1.54, 1.807) is 12.1 Å². The summed E-state index contributed by atoms with van der Waals surface area (Å²) in [6.45, 7) is 2.05. The zero-order valence-corrected chi connectivity index (χ0v) is 13.7. The number of fused-ring (bicyclic) bond motifs is 1. The Bertz CT molecular complexity index is 889. The number of aromatic nitrogens is 1. The van der Waals surface area contributed by atoms with Crippen LogP contribution in [0.5, 0.6) is 5.75 Å². The van der Waals surface area contributed by atoms with Gasteiger partial charge in [0.15, 0.2) is 0 Å². The van der Waals surface area contributed by atoms with E-state index in [1.807, 2.05) is 31.3 Å². The van der Waals surface area contributed by atoms with E-state index in [2.05, 4.69) is 4.98 Å². The van der Waals surface area contributed by atoms with Crippen LogP contribution in [-0.2, 0) is 6.18 Å². The molecule has 1 aliphatic carbocycles. The van der Waals surface area contributed by atoms with Crippen molar-refractivity contribution in [2.24, 2.45) is 0 Å². The summed E-state index contributed by atoms with van der Waals surface area (Å²) in [5.41, 5.74) is 2.61. The molecule has 0 spiro atoms. The molecule has 0 unspecified atom stereocenters. The maximum atomic E-state index is 12.6. The zero-order chi connectivity index (χ0) is 17.6. The van der Waals surface area contributed by atoms with Crippen molar-refractivity contribution in [3.63, 3.8) is 0 Å². The molecular formula is C20H18F3NO. The summed E-state index contributed by atoms with van der Waals surface area (Å²) in [6, 6.07) is 11.5. The highest BCUT2D eigenvalue weighted by molar-refractivity contribution is 5.84. The second kappa shape index (κ2) is 5.83. The van der Waals surface area contributed by atoms with Gasteiger partial charge in [-0.15, -0.1) is 0 Å². The molecule has 1 aromatic heterocycles. The molecule has 1 heterocycles. The Hall–Kier alpha value is -2.43. The van der Waals surface area contributed by atoms with Gasteiger partial charge in [-0.1, -0.05) is 12.1 Å². The number of alkyl halides is 3. The molecule has 1 fully saturated rings.